The fourth-order valence-electron chi connectivity index (χ4n) is 2.58. The quantitative estimate of drug-likeness (QED) is 0.863. The number of nitrogens with one attached hydrogen (secondary N) is 1. The van der Waals surface area contributed by atoms with Gasteiger partial charge in [0, 0.05) is 19.2 Å². The van der Waals surface area contributed by atoms with E-state index in [1.54, 1.807) is 0 Å². The van der Waals surface area contributed by atoms with Crippen molar-refractivity contribution >= 4 is 0 Å². The highest BCUT2D eigenvalue weighted by Gasteiger charge is 2.21. The molecule has 2 nitrogen and oxygen atoms in total. The maximum atomic E-state index is 5.69. The molecule has 1 fully saturated rings. The zero-order valence-electron chi connectivity index (χ0n) is 11.1. The summed E-state index contributed by atoms with van der Waals surface area (Å²) < 4.78 is 5.69. The van der Waals surface area contributed by atoms with E-state index in [0.29, 0.717) is 12.1 Å². The number of aryl methyl sites for hydroxylation is 2. The summed E-state index contributed by atoms with van der Waals surface area (Å²) in [7, 11) is 0. The van der Waals surface area contributed by atoms with E-state index in [1.165, 1.54) is 29.5 Å². The number of rotatable bonds is 4. The van der Waals surface area contributed by atoms with Crippen molar-refractivity contribution < 1.29 is 4.74 Å². The predicted octanol–water partition coefficient (Wildman–Crippen LogP) is 2.96. The molecule has 17 heavy (non-hydrogen) atoms. The molecule has 1 heterocycles. The van der Waals surface area contributed by atoms with Crippen molar-refractivity contribution in [3.8, 4) is 0 Å². The third-order valence-corrected chi connectivity index (χ3v) is 3.43. The van der Waals surface area contributed by atoms with Gasteiger partial charge >= 0.3 is 0 Å². The molecule has 1 aromatic rings. The fraction of sp³-hybridized carbons (Fsp3) is 0.600. The van der Waals surface area contributed by atoms with Crippen molar-refractivity contribution in [3.63, 3.8) is 0 Å². The fourth-order valence-corrected chi connectivity index (χ4v) is 2.58. The van der Waals surface area contributed by atoms with Crippen molar-refractivity contribution in [2.24, 2.45) is 0 Å². The number of benzene rings is 1. The highest BCUT2D eigenvalue weighted by atomic mass is 16.5. The van der Waals surface area contributed by atoms with Crippen LogP contribution in [0.25, 0.3) is 0 Å². The first kappa shape index (κ1) is 12.6. The highest BCUT2D eigenvalue weighted by molar-refractivity contribution is 5.28. The maximum Gasteiger partial charge on any atom is 0.0726 e. The first-order chi connectivity index (χ1) is 8.15. The van der Waals surface area contributed by atoms with Crippen LogP contribution in [0, 0.1) is 13.8 Å². The Hall–Kier alpha value is -0.860. The number of hydrogen-bond donors (Lipinski definition) is 1. The molecule has 94 valence electrons. The maximum absolute atomic E-state index is 5.69. The lowest BCUT2D eigenvalue weighted by molar-refractivity contribution is 0.0832. The monoisotopic (exact) mass is 233 g/mol. The van der Waals surface area contributed by atoms with Crippen LogP contribution in [-0.4, -0.2) is 18.8 Å². The smallest absolute Gasteiger partial charge is 0.0726 e. The second kappa shape index (κ2) is 5.65. The average Bonchev–Trinajstić information content (AvgIpc) is 2.78. The molecule has 0 amide bonds. The van der Waals surface area contributed by atoms with E-state index in [2.05, 4.69) is 44.3 Å². The minimum atomic E-state index is 0.404. The molecule has 0 aromatic heterocycles. The Balaban J connectivity index is 1.88. The summed E-state index contributed by atoms with van der Waals surface area (Å²) in [6.45, 7) is 8.39. The van der Waals surface area contributed by atoms with Crippen molar-refractivity contribution in [1.29, 1.82) is 0 Å². The second-order valence-electron chi connectivity index (χ2n) is 5.22. The lowest BCUT2D eigenvalue weighted by Gasteiger charge is -2.20. The molecular formula is C15H23NO. The van der Waals surface area contributed by atoms with Gasteiger partial charge in [0.05, 0.1) is 6.10 Å². The summed E-state index contributed by atoms with van der Waals surface area (Å²) in [5, 5.41) is 3.57. The van der Waals surface area contributed by atoms with Crippen LogP contribution >= 0.6 is 0 Å². The van der Waals surface area contributed by atoms with Crippen LogP contribution in [0.5, 0.6) is 0 Å². The van der Waals surface area contributed by atoms with E-state index in [-0.39, 0.29) is 0 Å². The largest absolute Gasteiger partial charge is 0.377 e. The van der Waals surface area contributed by atoms with Crippen LogP contribution in [0.1, 0.15) is 36.5 Å². The van der Waals surface area contributed by atoms with Gasteiger partial charge in [0.25, 0.3) is 0 Å². The second-order valence-corrected chi connectivity index (χ2v) is 5.22. The van der Waals surface area contributed by atoms with E-state index in [1.807, 2.05) is 0 Å². The Morgan fingerprint density at radius 1 is 1.29 bits per heavy atom. The highest BCUT2D eigenvalue weighted by Crippen LogP contribution is 2.16. The van der Waals surface area contributed by atoms with Gasteiger partial charge < -0.3 is 10.1 Å². The Kier molecular flexibility index (Phi) is 4.19. The van der Waals surface area contributed by atoms with Crippen molar-refractivity contribution in [3.05, 3.63) is 34.9 Å². The van der Waals surface area contributed by atoms with Crippen LogP contribution in [-0.2, 0) is 11.3 Å². The van der Waals surface area contributed by atoms with E-state index in [0.717, 1.165) is 13.2 Å². The average molecular weight is 233 g/mol. The first-order valence-electron chi connectivity index (χ1n) is 6.57. The molecule has 1 aliphatic heterocycles. The van der Waals surface area contributed by atoms with E-state index < -0.39 is 0 Å². The van der Waals surface area contributed by atoms with Crippen LogP contribution in [0.3, 0.4) is 0 Å². The molecule has 0 radical (unpaired) electrons. The summed E-state index contributed by atoms with van der Waals surface area (Å²) >= 11 is 0. The van der Waals surface area contributed by atoms with Crippen LogP contribution in [0.2, 0.25) is 0 Å². The molecule has 1 saturated heterocycles. The summed E-state index contributed by atoms with van der Waals surface area (Å²) in [4.78, 5) is 0. The van der Waals surface area contributed by atoms with Crippen molar-refractivity contribution in [2.75, 3.05) is 6.61 Å². The topological polar surface area (TPSA) is 21.3 Å². The van der Waals surface area contributed by atoms with Gasteiger partial charge in [0.15, 0.2) is 0 Å². The summed E-state index contributed by atoms with van der Waals surface area (Å²) in [6, 6.07) is 7.16. The molecule has 1 N–H and O–H groups in total. The first-order valence-corrected chi connectivity index (χ1v) is 6.57. The van der Waals surface area contributed by atoms with Gasteiger partial charge in [0.2, 0.25) is 0 Å². The minimum Gasteiger partial charge on any atom is -0.377 e. The molecule has 0 spiro atoms. The lowest BCUT2D eigenvalue weighted by atomic mass is 10.1. The molecule has 2 heteroatoms. The van der Waals surface area contributed by atoms with E-state index in [9.17, 15) is 0 Å². The predicted molar refractivity (Wildman–Crippen MR) is 71.2 cm³/mol. The molecule has 0 aliphatic carbocycles. The molecule has 1 aromatic carbocycles. The van der Waals surface area contributed by atoms with E-state index >= 15 is 0 Å². The van der Waals surface area contributed by atoms with Gasteiger partial charge in [-0.15, -0.1) is 0 Å². The lowest BCUT2D eigenvalue weighted by Crippen LogP contribution is -2.36. The molecular weight excluding hydrogens is 210 g/mol. The summed E-state index contributed by atoms with van der Waals surface area (Å²) in [6.07, 6.45) is 2.81. The molecule has 2 unspecified atom stereocenters. The summed E-state index contributed by atoms with van der Waals surface area (Å²) in [5.41, 5.74) is 4.05. The third-order valence-electron chi connectivity index (χ3n) is 3.43. The molecule has 0 saturated carbocycles. The standard InChI is InChI=1S/C15H23NO/c1-11-7-12(2)9-14(8-11)10-16-13(3)15-5-4-6-17-15/h7-9,13,15-16H,4-6,10H2,1-3H3. The van der Waals surface area contributed by atoms with Crippen molar-refractivity contribution in [1.82, 2.24) is 5.32 Å². The number of ether oxygens (including phenoxy) is 1. The Labute approximate surface area is 104 Å². The molecule has 1 aliphatic rings. The number of hydrogen-bond acceptors (Lipinski definition) is 2. The zero-order chi connectivity index (χ0) is 12.3. The third kappa shape index (κ3) is 3.55. The van der Waals surface area contributed by atoms with Gasteiger partial charge in [-0.3, -0.25) is 0 Å². The zero-order valence-corrected chi connectivity index (χ0v) is 11.1. The van der Waals surface area contributed by atoms with Gasteiger partial charge in [-0.05, 0) is 39.2 Å². The van der Waals surface area contributed by atoms with E-state index in [4.69, 9.17) is 4.74 Å². The van der Waals surface area contributed by atoms with Crippen LogP contribution in [0.4, 0.5) is 0 Å². The van der Waals surface area contributed by atoms with Gasteiger partial charge in [-0.1, -0.05) is 29.3 Å². The SMILES string of the molecule is Cc1cc(C)cc(CNC(C)C2CCCO2)c1. The normalized spacial score (nSPS) is 21.7. The molecule has 2 atom stereocenters. The minimum absolute atomic E-state index is 0.404. The van der Waals surface area contributed by atoms with Gasteiger partial charge in [-0.25, -0.2) is 0 Å². The van der Waals surface area contributed by atoms with Crippen LogP contribution < -0.4 is 5.32 Å². The molecule has 0 bridgehead atoms. The van der Waals surface area contributed by atoms with Gasteiger partial charge in [0.1, 0.15) is 0 Å². The van der Waals surface area contributed by atoms with Crippen molar-refractivity contribution in [2.45, 2.75) is 52.3 Å². The Morgan fingerprint density at radius 2 is 2.00 bits per heavy atom. The Bertz CT molecular complexity index is 349. The van der Waals surface area contributed by atoms with Crippen LogP contribution in [0.15, 0.2) is 18.2 Å². The molecule has 2 rings (SSSR count). The summed E-state index contributed by atoms with van der Waals surface area (Å²) in [5.74, 6) is 0. The van der Waals surface area contributed by atoms with Gasteiger partial charge in [-0.2, -0.15) is 0 Å². The Morgan fingerprint density at radius 3 is 2.59 bits per heavy atom.